The number of ether oxygens (including phenoxy) is 2. The third kappa shape index (κ3) is 2.11. The highest BCUT2D eigenvalue weighted by molar-refractivity contribution is 6.09. The molecule has 4 nitrogen and oxygen atoms in total. The fraction of sp³-hybridized carbons (Fsp3) is 0.222. The van der Waals surface area contributed by atoms with E-state index in [1.165, 1.54) is 20.5 Å². The van der Waals surface area contributed by atoms with E-state index in [0.717, 1.165) is 0 Å². The summed E-state index contributed by atoms with van der Waals surface area (Å²) < 4.78 is 11.0. The molecule has 0 N–H and O–H groups in total. The van der Waals surface area contributed by atoms with Gasteiger partial charge in [-0.15, -0.1) is 0 Å². The summed E-state index contributed by atoms with van der Waals surface area (Å²) in [4.78, 5) is 11.2. The van der Waals surface area contributed by atoms with Gasteiger partial charge in [0.2, 0.25) is 0 Å². The van der Waals surface area contributed by atoms with Crippen molar-refractivity contribution in [3.8, 4) is 0 Å². The lowest BCUT2D eigenvalue weighted by Gasteiger charge is -2.05. The zero-order valence-electron chi connectivity index (χ0n) is 7.56. The Bertz CT molecular complexity index is 301. The minimum Gasteiger partial charge on any atom is -0.502 e. The zero-order valence-corrected chi connectivity index (χ0v) is 7.56. The number of esters is 1. The highest BCUT2D eigenvalue weighted by Gasteiger charge is 2.10. The molecule has 0 spiro atoms. The quantitative estimate of drug-likeness (QED) is 0.398. The van der Waals surface area contributed by atoms with Gasteiger partial charge in [-0.05, 0) is 12.1 Å². The van der Waals surface area contributed by atoms with Crippen molar-refractivity contribution in [1.82, 2.24) is 4.57 Å². The Labute approximate surface area is 76.4 Å². The number of rotatable bonds is 3. The van der Waals surface area contributed by atoms with Gasteiger partial charge in [0.05, 0.1) is 14.2 Å². The first kappa shape index (κ1) is 9.38. The number of aromatic nitrogens is 1. The van der Waals surface area contributed by atoms with Crippen LogP contribution >= 0.6 is 0 Å². The van der Waals surface area contributed by atoms with Crippen LogP contribution in [-0.2, 0) is 14.3 Å². The summed E-state index contributed by atoms with van der Waals surface area (Å²) in [5.74, 6) is -0.432. The van der Waals surface area contributed by atoms with E-state index in [1.54, 1.807) is 17.0 Å². The van der Waals surface area contributed by atoms with Crippen LogP contribution in [0, 0.1) is 0 Å². The third-order valence-corrected chi connectivity index (χ3v) is 1.51. The van der Waals surface area contributed by atoms with Gasteiger partial charge >= 0.3 is 5.97 Å². The van der Waals surface area contributed by atoms with Gasteiger partial charge < -0.3 is 14.0 Å². The molecule has 1 rings (SSSR count). The topological polar surface area (TPSA) is 40.5 Å². The molecular formula is C9H11NO3. The Kier molecular flexibility index (Phi) is 3.14. The molecule has 0 atom stereocenters. The summed E-state index contributed by atoms with van der Waals surface area (Å²) >= 11 is 0. The lowest BCUT2D eigenvalue weighted by molar-refractivity contribution is -0.134. The Morgan fingerprint density at radius 3 is 2.38 bits per heavy atom. The van der Waals surface area contributed by atoms with E-state index < -0.39 is 5.97 Å². The fourth-order valence-corrected chi connectivity index (χ4v) is 0.926. The summed E-state index contributed by atoms with van der Waals surface area (Å²) in [5, 5.41) is 0. The molecule has 0 fully saturated rings. The van der Waals surface area contributed by atoms with Crippen molar-refractivity contribution >= 4 is 11.7 Å². The molecule has 0 aliphatic rings. The predicted octanol–water partition coefficient (Wildman–Crippen LogP) is 1.11. The smallest absolute Gasteiger partial charge is 0.358 e. The van der Waals surface area contributed by atoms with Crippen LogP contribution in [0.4, 0.5) is 0 Å². The number of carbonyl (C=O) groups is 1. The molecule has 0 aliphatic carbocycles. The van der Waals surface area contributed by atoms with Crippen LogP contribution in [0.15, 0.2) is 30.8 Å². The normalized spacial score (nSPS) is 11.1. The molecule has 0 saturated carbocycles. The monoisotopic (exact) mass is 181 g/mol. The van der Waals surface area contributed by atoms with E-state index in [2.05, 4.69) is 4.74 Å². The van der Waals surface area contributed by atoms with Gasteiger partial charge in [0.15, 0.2) is 5.70 Å². The Morgan fingerprint density at radius 2 is 1.92 bits per heavy atom. The maximum atomic E-state index is 11.2. The van der Waals surface area contributed by atoms with Crippen LogP contribution in [-0.4, -0.2) is 24.8 Å². The lowest BCUT2D eigenvalue weighted by Crippen LogP contribution is -2.09. The van der Waals surface area contributed by atoms with Crippen LogP contribution in [0.3, 0.4) is 0 Å². The first-order valence-electron chi connectivity index (χ1n) is 3.74. The maximum Gasteiger partial charge on any atom is 0.358 e. The van der Waals surface area contributed by atoms with Gasteiger partial charge in [-0.25, -0.2) is 4.79 Å². The van der Waals surface area contributed by atoms with E-state index in [1.807, 2.05) is 12.1 Å². The highest BCUT2D eigenvalue weighted by atomic mass is 16.5. The molecule has 0 bridgehead atoms. The molecular weight excluding hydrogens is 170 g/mol. The zero-order chi connectivity index (χ0) is 9.68. The fourth-order valence-electron chi connectivity index (χ4n) is 0.926. The van der Waals surface area contributed by atoms with Crippen LogP contribution < -0.4 is 0 Å². The summed E-state index contributed by atoms with van der Waals surface area (Å²) in [6.45, 7) is 0. The molecule has 0 aliphatic heterocycles. The average Bonchev–Trinajstić information content (AvgIpc) is 2.65. The molecule has 0 amide bonds. The first-order chi connectivity index (χ1) is 6.29. The maximum absolute atomic E-state index is 11.2. The number of methoxy groups -OCH3 is 2. The van der Waals surface area contributed by atoms with Gasteiger partial charge in [-0.1, -0.05) is 0 Å². The molecule has 1 aromatic heterocycles. The molecule has 1 heterocycles. The van der Waals surface area contributed by atoms with Crippen molar-refractivity contribution < 1.29 is 14.3 Å². The van der Waals surface area contributed by atoms with Crippen LogP contribution in [0.2, 0.25) is 0 Å². The van der Waals surface area contributed by atoms with Gasteiger partial charge in [0, 0.05) is 12.4 Å². The summed E-state index contributed by atoms with van der Waals surface area (Å²) in [7, 11) is 2.81. The van der Waals surface area contributed by atoms with Crippen LogP contribution in [0.1, 0.15) is 0 Å². The lowest BCUT2D eigenvalue weighted by atomic mass is 10.5. The van der Waals surface area contributed by atoms with E-state index in [0.29, 0.717) is 5.70 Å². The molecule has 1 aromatic rings. The van der Waals surface area contributed by atoms with Crippen molar-refractivity contribution in [3.05, 3.63) is 30.8 Å². The van der Waals surface area contributed by atoms with Crippen molar-refractivity contribution in [2.45, 2.75) is 0 Å². The average molecular weight is 181 g/mol. The summed E-state index contributed by atoms with van der Waals surface area (Å²) in [6.07, 6.45) is 4.81. The largest absolute Gasteiger partial charge is 0.502 e. The highest BCUT2D eigenvalue weighted by Crippen LogP contribution is 2.06. The van der Waals surface area contributed by atoms with Crippen LogP contribution in [0.5, 0.6) is 0 Å². The molecule has 0 radical (unpaired) electrons. The van der Waals surface area contributed by atoms with E-state index in [4.69, 9.17) is 4.74 Å². The van der Waals surface area contributed by atoms with Gasteiger partial charge in [0.25, 0.3) is 0 Å². The SMILES string of the molecule is COC=C(C(=O)OC)n1cccc1. The minimum atomic E-state index is -0.432. The summed E-state index contributed by atoms with van der Waals surface area (Å²) in [5.41, 5.74) is 0.343. The standard InChI is InChI=1S/C9H11NO3/c1-12-7-8(9(11)13-2)10-5-3-4-6-10/h3-7H,1-2H3. The van der Waals surface area contributed by atoms with Gasteiger partial charge in [-0.2, -0.15) is 0 Å². The molecule has 4 heteroatoms. The Morgan fingerprint density at radius 1 is 1.31 bits per heavy atom. The number of carbonyl (C=O) groups excluding carboxylic acids is 1. The number of hydrogen-bond acceptors (Lipinski definition) is 3. The van der Waals surface area contributed by atoms with E-state index >= 15 is 0 Å². The van der Waals surface area contributed by atoms with Gasteiger partial charge in [-0.3, -0.25) is 0 Å². The second kappa shape index (κ2) is 4.35. The molecule has 0 saturated heterocycles. The Hall–Kier alpha value is -1.71. The molecule has 0 unspecified atom stereocenters. The summed E-state index contributed by atoms with van der Waals surface area (Å²) in [6, 6.07) is 3.62. The van der Waals surface area contributed by atoms with E-state index in [-0.39, 0.29) is 0 Å². The van der Waals surface area contributed by atoms with Gasteiger partial charge in [0.1, 0.15) is 6.26 Å². The third-order valence-electron chi connectivity index (χ3n) is 1.51. The van der Waals surface area contributed by atoms with Crippen molar-refractivity contribution in [2.24, 2.45) is 0 Å². The van der Waals surface area contributed by atoms with Crippen molar-refractivity contribution in [1.29, 1.82) is 0 Å². The van der Waals surface area contributed by atoms with Crippen molar-refractivity contribution in [2.75, 3.05) is 14.2 Å². The first-order valence-corrected chi connectivity index (χ1v) is 3.74. The molecule has 70 valence electrons. The molecule has 0 aromatic carbocycles. The number of nitrogens with zero attached hydrogens (tertiary/aromatic N) is 1. The molecule has 13 heavy (non-hydrogen) atoms. The number of hydrogen-bond donors (Lipinski definition) is 0. The van der Waals surface area contributed by atoms with Crippen LogP contribution in [0.25, 0.3) is 5.70 Å². The minimum absolute atomic E-state index is 0.343. The second-order valence-electron chi connectivity index (χ2n) is 2.32. The Balaban J connectivity index is 2.94. The van der Waals surface area contributed by atoms with E-state index in [9.17, 15) is 4.79 Å². The predicted molar refractivity (Wildman–Crippen MR) is 47.7 cm³/mol. The van der Waals surface area contributed by atoms with Crippen molar-refractivity contribution in [3.63, 3.8) is 0 Å². The second-order valence-corrected chi connectivity index (χ2v) is 2.32.